The third kappa shape index (κ3) is 4.29. The Morgan fingerprint density at radius 3 is 2.22 bits per heavy atom. The molecule has 0 amide bonds. The molecule has 0 saturated carbocycles. The normalized spacial score (nSPS) is 15.2. The van der Waals surface area contributed by atoms with Crippen LogP contribution in [-0.2, 0) is 0 Å². The van der Waals surface area contributed by atoms with Gasteiger partial charge in [0, 0.05) is 12.0 Å². The molecule has 4 N–H and O–H groups in total. The van der Waals surface area contributed by atoms with Gasteiger partial charge in [-0.05, 0) is 38.0 Å². The van der Waals surface area contributed by atoms with E-state index in [4.69, 9.17) is 10.5 Å². The van der Waals surface area contributed by atoms with E-state index in [1.807, 2.05) is 24.3 Å². The molecule has 0 saturated heterocycles. The fourth-order valence-electron chi connectivity index (χ4n) is 2.03. The Labute approximate surface area is 108 Å². The molecule has 4 nitrogen and oxygen atoms in total. The predicted octanol–water partition coefficient (Wildman–Crippen LogP) is 1.26. The molecule has 0 fully saturated rings. The number of nitrogens with two attached hydrogens (primary N) is 1. The molecule has 0 radical (unpaired) electrons. The van der Waals surface area contributed by atoms with Crippen LogP contribution in [0.3, 0.4) is 0 Å². The molecule has 102 valence electrons. The van der Waals surface area contributed by atoms with Crippen molar-refractivity contribution in [2.75, 3.05) is 13.7 Å². The van der Waals surface area contributed by atoms with Crippen LogP contribution in [0.1, 0.15) is 31.7 Å². The molecule has 0 aliphatic rings. The van der Waals surface area contributed by atoms with Gasteiger partial charge in [0.05, 0.1) is 19.3 Å². The van der Waals surface area contributed by atoms with Crippen LogP contribution in [0.2, 0.25) is 0 Å². The van der Waals surface area contributed by atoms with Crippen LogP contribution in [-0.4, -0.2) is 35.6 Å². The molecule has 0 aliphatic carbocycles. The average molecular weight is 253 g/mol. The van der Waals surface area contributed by atoms with E-state index in [0.29, 0.717) is 6.42 Å². The maximum atomic E-state index is 9.93. The molecule has 18 heavy (non-hydrogen) atoms. The first-order valence-electron chi connectivity index (χ1n) is 6.10. The molecule has 0 bridgehead atoms. The van der Waals surface area contributed by atoms with Gasteiger partial charge >= 0.3 is 0 Å². The van der Waals surface area contributed by atoms with E-state index >= 15 is 0 Å². The first-order chi connectivity index (χ1) is 8.37. The number of hydrogen-bond acceptors (Lipinski definition) is 4. The van der Waals surface area contributed by atoms with Crippen LogP contribution in [0.5, 0.6) is 5.75 Å². The van der Waals surface area contributed by atoms with Crippen LogP contribution in [0, 0.1) is 0 Å². The summed E-state index contributed by atoms with van der Waals surface area (Å²) in [6, 6.07) is 7.17. The van der Waals surface area contributed by atoms with Gasteiger partial charge in [-0.1, -0.05) is 12.1 Å². The predicted molar refractivity (Wildman–Crippen MR) is 71.7 cm³/mol. The van der Waals surface area contributed by atoms with Gasteiger partial charge in [-0.15, -0.1) is 0 Å². The SMILES string of the molecule is COc1ccc([C@H](CC(C)(C)O)[C@H](N)CO)cc1. The lowest BCUT2D eigenvalue weighted by Crippen LogP contribution is -2.36. The highest BCUT2D eigenvalue weighted by molar-refractivity contribution is 5.30. The highest BCUT2D eigenvalue weighted by atomic mass is 16.5. The van der Waals surface area contributed by atoms with E-state index in [-0.39, 0.29) is 18.6 Å². The topological polar surface area (TPSA) is 75.7 Å². The second-order valence-corrected chi connectivity index (χ2v) is 5.24. The molecular formula is C14H23NO3. The minimum absolute atomic E-state index is 0.0825. The molecular weight excluding hydrogens is 230 g/mol. The lowest BCUT2D eigenvalue weighted by molar-refractivity contribution is 0.0567. The smallest absolute Gasteiger partial charge is 0.118 e. The first-order valence-corrected chi connectivity index (χ1v) is 6.10. The molecule has 0 aliphatic heterocycles. The van der Waals surface area contributed by atoms with Crippen LogP contribution >= 0.6 is 0 Å². The fraction of sp³-hybridized carbons (Fsp3) is 0.571. The third-order valence-corrected chi connectivity index (χ3v) is 2.99. The zero-order chi connectivity index (χ0) is 13.8. The fourth-order valence-corrected chi connectivity index (χ4v) is 2.03. The van der Waals surface area contributed by atoms with Crippen LogP contribution in [0.15, 0.2) is 24.3 Å². The summed E-state index contributed by atoms with van der Waals surface area (Å²) >= 11 is 0. The zero-order valence-corrected chi connectivity index (χ0v) is 11.3. The molecule has 1 rings (SSSR count). The summed E-state index contributed by atoms with van der Waals surface area (Å²) in [6.07, 6.45) is 0.501. The number of ether oxygens (including phenoxy) is 1. The van der Waals surface area contributed by atoms with Gasteiger partial charge in [0.15, 0.2) is 0 Å². The van der Waals surface area contributed by atoms with E-state index in [9.17, 15) is 10.2 Å². The van der Waals surface area contributed by atoms with Crippen molar-refractivity contribution < 1.29 is 14.9 Å². The molecule has 4 heteroatoms. The van der Waals surface area contributed by atoms with Gasteiger partial charge in [0.1, 0.15) is 5.75 Å². The van der Waals surface area contributed by atoms with Gasteiger partial charge in [-0.25, -0.2) is 0 Å². The van der Waals surface area contributed by atoms with Gasteiger partial charge in [-0.3, -0.25) is 0 Å². The van der Waals surface area contributed by atoms with Gasteiger partial charge < -0.3 is 20.7 Å². The number of aliphatic hydroxyl groups excluding tert-OH is 1. The maximum absolute atomic E-state index is 9.93. The second kappa shape index (κ2) is 6.18. The van der Waals surface area contributed by atoms with Crippen molar-refractivity contribution in [3.63, 3.8) is 0 Å². The lowest BCUT2D eigenvalue weighted by Gasteiger charge is -2.29. The lowest BCUT2D eigenvalue weighted by atomic mass is 9.83. The average Bonchev–Trinajstić information content (AvgIpc) is 2.34. The molecule has 0 aromatic heterocycles. The summed E-state index contributed by atoms with van der Waals surface area (Å²) in [7, 11) is 1.61. The van der Waals surface area contributed by atoms with E-state index in [2.05, 4.69) is 0 Å². The quantitative estimate of drug-likeness (QED) is 0.713. The Morgan fingerprint density at radius 2 is 1.83 bits per heavy atom. The second-order valence-electron chi connectivity index (χ2n) is 5.24. The summed E-state index contributed by atoms with van der Waals surface area (Å²) in [5.74, 6) is 0.694. The summed E-state index contributed by atoms with van der Waals surface area (Å²) < 4.78 is 5.11. The minimum atomic E-state index is -0.822. The number of hydrogen-bond donors (Lipinski definition) is 3. The van der Waals surface area contributed by atoms with E-state index in [0.717, 1.165) is 11.3 Å². The van der Waals surface area contributed by atoms with E-state index in [1.54, 1.807) is 21.0 Å². The summed E-state index contributed by atoms with van der Waals surface area (Å²) in [4.78, 5) is 0. The highest BCUT2D eigenvalue weighted by Crippen LogP contribution is 2.29. The molecule has 0 unspecified atom stereocenters. The summed E-state index contributed by atoms with van der Waals surface area (Å²) in [5.41, 5.74) is 6.11. The number of rotatable bonds is 6. The minimum Gasteiger partial charge on any atom is -0.497 e. The van der Waals surface area contributed by atoms with Crippen molar-refractivity contribution in [3.8, 4) is 5.75 Å². The molecule has 2 atom stereocenters. The monoisotopic (exact) mass is 253 g/mol. The van der Waals surface area contributed by atoms with Crippen molar-refractivity contribution in [1.29, 1.82) is 0 Å². The Balaban J connectivity index is 2.94. The Bertz CT molecular complexity index is 356. The van der Waals surface area contributed by atoms with Gasteiger partial charge in [0.25, 0.3) is 0 Å². The Morgan fingerprint density at radius 1 is 1.28 bits per heavy atom. The number of aliphatic hydroxyl groups is 2. The summed E-state index contributed by atoms with van der Waals surface area (Å²) in [6.45, 7) is 3.38. The van der Waals surface area contributed by atoms with Crippen molar-refractivity contribution in [2.24, 2.45) is 5.73 Å². The Hall–Kier alpha value is -1.10. The van der Waals surface area contributed by atoms with Crippen molar-refractivity contribution in [3.05, 3.63) is 29.8 Å². The zero-order valence-electron chi connectivity index (χ0n) is 11.3. The molecule has 0 heterocycles. The van der Waals surface area contributed by atoms with Crippen LogP contribution in [0.4, 0.5) is 0 Å². The first kappa shape index (κ1) is 15.0. The van der Waals surface area contributed by atoms with Crippen molar-refractivity contribution in [2.45, 2.75) is 37.8 Å². The van der Waals surface area contributed by atoms with E-state index < -0.39 is 5.60 Å². The molecule has 1 aromatic carbocycles. The molecule has 1 aromatic rings. The van der Waals surface area contributed by atoms with Gasteiger partial charge in [-0.2, -0.15) is 0 Å². The number of methoxy groups -OCH3 is 1. The van der Waals surface area contributed by atoms with Gasteiger partial charge in [0.2, 0.25) is 0 Å². The third-order valence-electron chi connectivity index (χ3n) is 2.99. The maximum Gasteiger partial charge on any atom is 0.118 e. The van der Waals surface area contributed by atoms with Crippen molar-refractivity contribution >= 4 is 0 Å². The molecule has 0 spiro atoms. The number of benzene rings is 1. The van der Waals surface area contributed by atoms with Crippen LogP contribution < -0.4 is 10.5 Å². The van der Waals surface area contributed by atoms with E-state index in [1.165, 1.54) is 0 Å². The largest absolute Gasteiger partial charge is 0.497 e. The standard InChI is InChI=1S/C14H23NO3/c1-14(2,17)8-12(13(15)9-16)10-4-6-11(18-3)7-5-10/h4-7,12-13,16-17H,8-9,15H2,1-3H3/t12-,13+/m0/s1. The van der Waals surface area contributed by atoms with Crippen LogP contribution in [0.25, 0.3) is 0 Å². The van der Waals surface area contributed by atoms with Crippen molar-refractivity contribution in [1.82, 2.24) is 0 Å². The summed E-state index contributed by atoms with van der Waals surface area (Å²) in [5, 5.41) is 19.2. The Kier molecular flexibility index (Phi) is 5.14. The highest BCUT2D eigenvalue weighted by Gasteiger charge is 2.26.